The molecule has 1 amide bonds. The first kappa shape index (κ1) is 15.3. The minimum Gasteiger partial charge on any atom is -0.381 e. The molecule has 0 atom stereocenters. The minimum atomic E-state index is -0.622. The van der Waals surface area contributed by atoms with E-state index >= 15 is 0 Å². The molecule has 0 aromatic heterocycles. The van der Waals surface area contributed by atoms with Gasteiger partial charge in [0, 0.05) is 30.9 Å². The molecule has 0 saturated carbocycles. The zero-order valence-electron chi connectivity index (χ0n) is 11.2. The van der Waals surface area contributed by atoms with Crippen LogP contribution in [-0.4, -0.2) is 13.0 Å². The summed E-state index contributed by atoms with van der Waals surface area (Å²) in [6.45, 7) is 0.168. The highest BCUT2D eigenvalue weighted by molar-refractivity contribution is 6.34. The van der Waals surface area contributed by atoms with Crippen molar-refractivity contribution in [3.63, 3.8) is 0 Å². The Bertz CT molecular complexity index is 677. The molecule has 2 aromatic rings. The number of nitrogens with one attached hydrogen (secondary N) is 2. The Morgan fingerprint density at radius 1 is 1.19 bits per heavy atom. The van der Waals surface area contributed by atoms with E-state index in [0.717, 1.165) is 6.07 Å². The van der Waals surface area contributed by atoms with Crippen molar-refractivity contribution in [1.29, 1.82) is 0 Å². The molecule has 2 N–H and O–H groups in total. The number of rotatable bonds is 4. The lowest BCUT2D eigenvalue weighted by Gasteiger charge is -2.10. The SMILES string of the molecule is CNC(=O)c1cc(NCc2ccc(F)cc2F)ccc1Cl. The van der Waals surface area contributed by atoms with Gasteiger partial charge in [0.25, 0.3) is 5.91 Å². The van der Waals surface area contributed by atoms with Crippen molar-refractivity contribution in [3.05, 3.63) is 64.2 Å². The summed E-state index contributed by atoms with van der Waals surface area (Å²) in [4.78, 5) is 11.6. The third-order valence-electron chi connectivity index (χ3n) is 2.94. The molecule has 6 heteroatoms. The van der Waals surface area contributed by atoms with Gasteiger partial charge in [-0.3, -0.25) is 4.79 Å². The molecule has 0 aliphatic rings. The largest absolute Gasteiger partial charge is 0.381 e. The van der Waals surface area contributed by atoms with Crippen molar-refractivity contribution in [1.82, 2.24) is 5.32 Å². The lowest BCUT2D eigenvalue weighted by atomic mass is 10.1. The van der Waals surface area contributed by atoms with E-state index in [9.17, 15) is 13.6 Å². The third-order valence-corrected chi connectivity index (χ3v) is 3.27. The summed E-state index contributed by atoms with van der Waals surface area (Å²) in [6, 6.07) is 8.22. The van der Waals surface area contributed by atoms with Crippen LogP contribution in [0.15, 0.2) is 36.4 Å². The molecule has 2 rings (SSSR count). The van der Waals surface area contributed by atoms with E-state index in [0.29, 0.717) is 21.8 Å². The van der Waals surface area contributed by atoms with Gasteiger partial charge in [-0.1, -0.05) is 17.7 Å². The van der Waals surface area contributed by atoms with Crippen molar-refractivity contribution < 1.29 is 13.6 Å². The lowest BCUT2D eigenvalue weighted by molar-refractivity contribution is 0.0963. The molecule has 110 valence electrons. The van der Waals surface area contributed by atoms with Crippen molar-refractivity contribution in [3.8, 4) is 0 Å². The van der Waals surface area contributed by atoms with Crippen LogP contribution in [0.1, 0.15) is 15.9 Å². The van der Waals surface area contributed by atoms with E-state index in [-0.39, 0.29) is 12.5 Å². The number of hydrogen-bond donors (Lipinski definition) is 2. The first-order valence-electron chi connectivity index (χ1n) is 6.20. The first-order valence-corrected chi connectivity index (χ1v) is 6.58. The monoisotopic (exact) mass is 310 g/mol. The van der Waals surface area contributed by atoms with Gasteiger partial charge in [-0.2, -0.15) is 0 Å². The van der Waals surface area contributed by atoms with Gasteiger partial charge in [0.05, 0.1) is 10.6 Å². The molecule has 0 aliphatic heterocycles. The highest BCUT2D eigenvalue weighted by Gasteiger charge is 2.10. The zero-order chi connectivity index (χ0) is 15.4. The molecule has 3 nitrogen and oxygen atoms in total. The van der Waals surface area contributed by atoms with Gasteiger partial charge in [-0.15, -0.1) is 0 Å². The van der Waals surface area contributed by atoms with Gasteiger partial charge in [0.1, 0.15) is 11.6 Å². The van der Waals surface area contributed by atoms with Crippen LogP contribution in [-0.2, 0) is 6.54 Å². The molecule has 0 aliphatic carbocycles. The number of amides is 1. The molecule has 2 aromatic carbocycles. The maximum absolute atomic E-state index is 13.5. The second-order valence-corrected chi connectivity index (χ2v) is 4.77. The average Bonchev–Trinajstić information content (AvgIpc) is 2.47. The van der Waals surface area contributed by atoms with E-state index in [1.165, 1.54) is 19.2 Å². The summed E-state index contributed by atoms with van der Waals surface area (Å²) in [5.41, 5.74) is 1.26. The Morgan fingerprint density at radius 3 is 2.62 bits per heavy atom. The summed E-state index contributed by atoms with van der Waals surface area (Å²) >= 11 is 5.94. The van der Waals surface area contributed by atoms with Gasteiger partial charge >= 0.3 is 0 Å². The summed E-state index contributed by atoms with van der Waals surface area (Å²) in [7, 11) is 1.51. The molecule has 21 heavy (non-hydrogen) atoms. The summed E-state index contributed by atoms with van der Waals surface area (Å²) < 4.78 is 26.3. The van der Waals surface area contributed by atoms with E-state index in [1.54, 1.807) is 18.2 Å². The van der Waals surface area contributed by atoms with Crippen molar-refractivity contribution in [2.24, 2.45) is 0 Å². The fraction of sp³-hybridized carbons (Fsp3) is 0.133. The third kappa shape index (κ3) is 3.70. The fourth-order valence-electron chi connectivity index (χ4n) is 1.81. The molecular formula is C15H13ClF2N2O. The second-order valence-electron chi connectivity index (χ2n) is 4.36. The molecule has 0 saturated heterocycles. The second kappa shape index (κ2) is 6.54. The average molecular weight is 311 g/mol. The standard InChI is InChI=1S/C15H13ClF2N2O/c1-19-15(21)12-7-11(4-5-13(12)16)20-8-9-2-3-10(17)6-14(9)18/h2-7,20H,8H2,1H3,(H,19,21). The van der Waals surface area contributed by atoms with E-state index in [2.05, 4.69) is 10.6 Å². The van der Waals surface area contributed by atoms with Crippen LogP contribution in [0.4, 0.5) is 14.5 Å². The predicted octanol–water partition coefficient (Wildman–Crippen LogP) is 3.59. The number of carbonyl (C=O) groups is 1. The quantitative estimate of drug-likeness (QED) is 0.906. The Morgan fingerprint density at radius 2 is 1.95 bits per heavy atom. The molecule has 0 unspecified atom stereocenters. The zero-order valence-corrected chi connectivity index (χ0v) is 12.0. The van der Waals surface area contributed by atoms with Gasteiger partial charge in [-0.25, -0.2) is 8.78 Å². The number of carbonyl (C=O) groups excluding carboxylic acids is 1. The van der Waals surface area contributed by atoms with Crippen molar-refractivity contribution in [2.45, 2.75) is 6.54 Å². The number of hydrogen-bond acceptors (Lipinski definition) is 2. The van der Waals surface area contributed by atoms with Crippen molar-refractivity contribution >= 4 is 23.2 Å². The molecule has 0 fully saturated rings. The van der Waals surface area contributed by atoms with Crippen LogP contribution in [0.25, 0.3) is 0 Å². The van der Waals surface area contributed by atoms with Gasteiger partial charge in [0.15, 0.2) is 0 Å². The maximum Gasteiger partial charge on any atom is 0.252 e. The molecule has 0 heterocycles. The van der Waals surface area contributed by atoms with Crippen LogP contribution in [0.5, 0.6) is 0 Å². The molecule has 0 spiro atoms. The molecule has 0 radical (unpaired) electrons. The number of benzene rings is 2. The topological polar surface area (TPSA) is 41.1 Å². The van der Waals surface area contributed by atoms with Crippen LogP contribution >= 0.6 is 11.6 Å². The maximum atomic E-state index is 13.5. The Balaban J connectivity index is 2.15. The predicted molar refractivity (Wildman–Crippen MR) is 78.5 cm³/mol. The fourth-order valence-corrected chi connectivity index (χ4v) is 2.01. The summed E-state index contributed by atoms with van der Waals surface area (Å²) in [5.74, 6) is -1.55. The summed E-state index contributed by atoms with van der Waals surface area (Å²) in [5, 5.41) is 5.78. The number of halogens is 3. The van der Waals surface area contributed by atoms with Gasteiger partial charge < -0.3 is 10.6 Å². The van der Waals surface area contributed by atoms with E-state index in [1.807, 2.05) is 0 Å². The Kier molecular flexibility index (Phi) is 4.75. The highest BCUT2D eigenvalue weighted by atomic mass is 35.5. The van der Waals surface area contributed by atoms with Crippen molar-refractivity contribution in [2.75, 3.05) is 12.4 Å². The minimum absolute atomic E-state index is 0.168. The van der Waals surface area contributed by atoms with Crippen LogP contribution < -0.4 is 10.6 Å². The molecular weight excluding hydrogens is 298 g/mol. The van der Waals surface area contributed by atoms with E-state index in [4.69, 9.17) is 11.6 Å². The Hall–Kier alpha value is -2.14. The lowest BCUT2D eigenvalue weighted by Crippen LogP contribution is -2.18. The van der Waals surface area contributed by atoms with Crippen LogP contribution in [0, 0.1) is 11.6 Å². The van der Waals surface area contributed by atoms with Crippen LogP contribution in [0.3, 0.4) is 0 Å². The van der Waals surface area contributed by atoms with E-state index < -0.39 is 11.6 Å². The Labute approximate surface area is 125 Å². The number of anilines is 1. The van der Waals surface area contributed by atoms with Gasteiger partial charge in [0.2, 0.25) is 0 Å². The molecule has 0 bridgehead atoms. The van der Waals surface area contributed by atoms with Gasteiger partial charge in [-0.05, 0) is 24.3 Å². The highest BCUT2D eigenvalue weighted by Crippen LogP contribution is 2.21. The first-order chi connectivity index (χ1) is 10.0. The smallest absolute Gasteiger partial charge is 0.252 e. The summed E-state index contributed by atoms with van der Waals surface area (Å²) in [6.07, 6.45) is 0. The normalized spacial score (nSPS) is 10.3. The van der Waals surface area contributed by atoms with Crippen LogP contribution in [0.2, 0.25) is 5.02 Å².